The summed E-state index contributed by atoms with van der Waals surface area (Å²) in [5.74, 6) is 0.529. The van der Waals surface area contributed by atoms with Gasteiger partial charge in [-0.05, 0) is 18.6 Å². The van der Waals surface area contributed by atoms with Crippen molar-refractivity contribution < 1.29 is 9.53 Å². The van der Waals surface area contributed by atoms with E-state index in [1.807, 2.05) is 68.6 Å². The van der Waals surface area contributed by atoms with Gasteiger partial charge in [0.2, 0.25) is 0 Å². The maximum atomic E-state index is 13.2. The van der Waals surface area contributed by atoms with E-state index in [9.17, 15) is 4.79 Å². The fourth-order valence-electron chi connectivity index (χ4n) is 3.67. The molecule has 0 unspecified atom stereocenters. The molecule has 4 aromatic rings. The van der Waals surface area contributed by atoms with Crippen LogP contribution < -0.4 is 15.4 Å². The van der Waals surface area contributed by atoms with E-state index in [0.29, 0.717) is 18.7 Å². The number of rotatable bonds is 7. The molecule has 2 aromatic heterocycles. The zero-order valence-corrected chi connectivity index (χ0v) is 17.8. The molecule has 2 N–H and O–H groups in total. The molecular weight excluding hydrogens is 390 g/mol. The fourth-order valence-corrected chi connectivity index (χ4v) is 3.67. The molecule has 0 atom stereocenters. The number of pyridine rings is 1. The number of benzene rings is 2. The molecule has 2 heterocycles. The minimum atomic E-state index is -0.209. The van der Waals surface area contributed by atoms with Gasteiger partial charge in [0.25, 0.3) is 5.91 Å². The van der Waals surface area contributed by atoms with Crippen LogP contribution in [0.1, 0.15) is 27.2 Å². The van der Waals surface area contributed by atoms with E-state index in [-0.39, 0.29) is 5.91 Å². The normalized spacial score (nSPS) is 10.8. The lowest BCUT2D eigenvalue weighted by molar-refractivity contribution is 0.0951. The Kier molecular flexibility index (Phi) is 5.84. The quantitative estimate of drug-likeness (QED) is 0.480. The van der Waals surface area contributed by atoms with Crippen molar-refractivity contribution in [1.29, 1.82) is 0 Å². The molecular formula is C24H25N5O2. The van der Waals surface area contributed by atoms with E-state index in [4.69, 9.17) is 4.74 Å². The second-order valence-corrected chi connectivity index (χ2v) is 7.29. The van der Waals surface area contributed by atoms with Crippen molar-refractivity contribution in [2.75, 3.05) is 12.4 Å². The highest BCUT2D eigenvalue weighted by Crippen LogP contribution is 2.29. The average Bonchev–Trinajstić information content (AvgIpc) is 3.10. The van der Waals surface area contributed by atoms with Crippen molar-refractivity contribution in [1.82, 2.24) is 20.1 Å². The molecule has 0 spiro atoms. The predicted octanol–water partition coefficient (Wildman–Crippen LogP) is 3.83. The molecule has 4 rings (SSSR count). The fraction of sp³-hybridized carbons (Fsp3) is 0.208. The number of ether oxygens (including phenoxy) is 1. The number of hydrogen-bond acceptors (Lipinski definition) is 5. The molecule has 7 nitrogen and oxygen atoms in total. The Bertz CT molecular complexity index is 1220. The Labute approximate surface area is 181 Å². The second-order valence-electron chi connectivity index (χ2n) is 7.29. The first-order valence-corrected chi connectivity index (χ1v) is 10.1. The summed E-state index contributed by atoms with van der Waals surface area (Å²) in [6, 6.07) is 17.7. The van der Waals surface area contributed by atoms with Gasteiger partial charge in [0.05, 0.1) is 29.4 Å². The number of carbonyl (C=O) groups is 1. The van der Waals surface area contributed by atoms with Gasteiger partial charge in [-0.2, -0.15) is 5.10 Å². The van der Waals surface area contributed by atoms with Crippen molar-refractivity contribution in [2.24, 2.45) is 7.05 Å². The molecule has 0 radical (unpaired) electrons. The Morgan fingerprint density at radius 1 is 1.06 bits per heavy atom. The predicted molar refractivity (Wildman–Crippen MR) is 121 cm³/mol. The van der Waals surface area contributed by atoms with Crippen LogP contribution in [0.15, 0.2) is 60.8 Å². The number of aromatic nitrogens is 3. The molecule has 0 fully saturated rings. The van der Waals surface area contributed by atoms with Crippen LogP contribution in [0.25, 0.3) is 11.0 Å². The van der Waals surface area contributed by atoms with Crippen LogP contribution in [0.3, 0.4) is 0 Å². The molecule has 2 aromatic carbocycles. The number of nitrogens with one attached hydrogen (secondary N) is 2. The lowest BCUT2D eigenvalue weighted by Gasteiger charge is -2.15. The van der Waals surface area contributed by atoms with Crippen molar-refractivity contribution in [2.45, 2.75) is 20.0 Å². The maximum absolute atomic E-state index is 13.2. The van der Waals surface area contributed by atoms with Crippen LogP contribution >= 0.6 is 0 Å². The number of hydrogen-bond donors (Lipinski definition) is 2. The van der Waals surface area contributed by atoms with Crippen molar-refractivity contribution in [3.8, 4) is 5.75 Å². The number of fused-ring (bicyclic) bond motifs is 1. The van der Waals surface area contributed by atoms with Gasteiger partial charge in [-0.15, -0.1) is 0 Å². The molecule has 7 heteroatoms. The first-order valence-electron chi connectivity index (χ1n) is 10.1. The standard InChI is InChI=1S/C24H25N5O2/c1-16-21-22(25-13-17-9-5-4-6-10-17)19(15-26-23(21)29(2)28-16)24(30)27-14-18-11-7-8-12-20(18)31-3/h4-12,15H,13-14H2,1-3H3,(H,25,26)(H,27,30). The van der Waals surface area contributed by atoms with Crippen LogP contribution in [0, 0.1) is 6.92 Å². The van der Waals surface area contributed by atoms with Gasteiger partial charge in [-0.1, -0.05) is 48.5 Å². The summed E-state index contributed by atoms with van der Waals surface area (Å²) in [5.41, 5.74) is 4.79. The lowest BCUT2D eigenvalue weighted by Crippen LogP contribution is -2.24. The number of carbonyl (C=O) groups excluding carboxylic acids is 1. The van der Waals surface area contributed by atoms with E-state index in [0.717, 1.165) is 39.3 Å². The minimum absolute atomic E-state index is 0.209. The third-order valence-electron chi connectivity index (χ3n) is 5.22. The van der Waals surface area contributed by atoms with Crippen molar-refractivity contribution in [3.63, 3.8) is 0 Å². The first-order chi connectivity index (χ1) is 15.1. The molecule has 0 aliphatic heterocycles. The van der Waals surface area contributed by atoms with Crippen LogP contribution in [0.5, 0.6) is 5.75 Å². The monoisotopic (exact) mass is 415 g/mol. The Morgan fingerprint density at radius 3 is 2.58 bits per heavy atom. The number of amides is 1. The summed E-state index contributed by atoms with van der Waals surface area (Å²) in [6.45, 7) is 2.86. The molecule has 31 heavy (non-hydrogen) atoms. The topological polar surface area (TPSA) is 81.1 Å². The number of aryl methyl sites for hydroxylation is 2. The van der Waals surface area contributed by atoms with Crippen LogP contribution in [0.4, 0.5) is 5.69 Å². The van der Waals surface area contributed by atoms with Gasteiger partial charge in [0.1, 0.15) is 5.75 Å². The highest BCUT2D eigenvalue weighted by molar-refractivity contribution is 6.07. The van der Waals surface area contributed by atoms with E-state index >= 15 is 0 Å². The van der Waals surface area contributed by atoms with Gasteiger partial charge < -0.3 is 15.4 Å². The molecule has 0 aliphatic rings. The number of methoxy groups -OCH3 is 1. The highest BCUT2D eigenvalue weighted by atomic mass is 16.5. The molecule has 0 saturated carbocycles. The molecule has 0 bridgehead atoms. The lowest BCUT2D eigenvalue weighted by atomic mass is 10.1. The van der Waals surface area contributed by atoms with Gasteiger partial charge in [-0.3, -0.25) is 9.48 Å². The Morgan fingerprint density at radius 2 is 1.81 bits per heavy atom. The third-order valence-corrected chi connectivity index (χ3v) is 5.22. The van der Waals surface area contributed by atoms with Gasteiger partial charge in [-0.25, -0.2) is 4.98 Å². The first kappa shape index (κ1) is 20.4. The van der Waals surface area contributed by atoms with Crippen molar-refractivity contribution >= 4 is 22.6 Å². The SMILES string of the molecule is COc1ccccc1CNC(=O)c1cnc2c(c(C)nn2C)c1NCc1ccccc1. The summed E-state index contributed by atoms with van der Waals surface area (Å²) < 4.78 is 7.11. The third kappa shape index (κ3) is 4.21. The van der Waals surface area contributed by atoms with E-state index in [1.54, 1.807) is 18.0 Å². The van der Waals surface area contributed by atoms with Crippen molar-refractivity contribution in [3.05, 3.63) is 83.2 Å². The number of nitrogens with zero attached hydrogens (tertiary/aromatic N) is 3. The maximum Gasteiger partial charge on any atom is 0.255 e. The summed E-state index contributed by atoms with van der Waals surface area (Å²) in [6.07, 6.45) is 1.61. The highest BCUT2D eigenvalue weighted by Gasteiger charge is 2.20. The smallest absolute Gasteiger partial charge is 0.255 e. The molecule has 1 amide bonds. The van der Waals surface area contributed by atoms with Crippen LogP contribution in [0.2, 0.25) is 0 Å². The number of anilines is 1. The minimum Gasteiger partial charge on any atom is -0.496 e. The molecule has 158 valence electrons. The zero-order valence-electron chi connectivity index (χ0n) is 17.8. The average molecular weight is 415 g/mol. The van der Waals surface area contributed by atoms with E-state index < -0.39 is 0 Å². The second kappa shape index (κ2) is 8.87. The van der Waals surface area contributed by atoms with Gasteiger partial charge in [0, 0.05) is 31.9 Å². The van der Waals surface area contributed by atoms with Gasteiger partial charge >= 0.3 is 0 Å². The zero-order chi connectivity index (χ0) is 21.8. The largest absolute Gasteiger partial charge is 0.496 e. The molecule has 0 aliphatic carbocycles. The summed E-state index contributed by atoms with van der Waals surface area (Å²) in [5, 5.41) is 11.8. The number of para-hydroxylation sites is 1. The van der Waals surface area contributed by atoms with Gasteiger partial charge in [0.15, 0.2) is 5.65 Å². The van der Waals surface area contributed by atoms with Crippen LogP contribution in [-0.2, 0) is 20.1 Å². The summed E-state index contributed by atoms with van der Waals surface area (Å²) in [7, 11) is 3.47. The van der Waals surface area contributed by atoms with Crippen LogP contribution in [-0.4, -0.2) is 27.8 Å². The Balaban J connectivity index is 1.65. The molecule has 0 saturated heterocycles. The summed E-state index contributed by atoms with van der Waals surface area (Å²) >= 11 is 0. The summed E-state index contributed by atoms with van der Waals surface area (Å²) in [4.78, 5) is 17.7. The van der Waals surface area contributed by atoms with E-state index in [2.05, 4.69) is 20.7 Å². The Hall–Kier alpha value is -3.87. The van der Waals surface area contributed by atoms with E-state index in [1.165, 1.54) is 0 Å².